The number of sulfonamides is 1. The van der Waals surface area contributed by atoms with Crippen LogP contribution in [0, 0.1) is 0 Å². The quantitative estimate of drug-likeness (QED) is 0.274. The summed E-state index contributed by atoms with van der Waals surface area (Å²) >= 11 is 10.8. The van der Waals surface area contributed by atoms with Crippen LogP contribution in [0.2, 0.25) is 5.02 Å². The van der Waals surface area contributed by atoms with Crippen LogP contribution in [0.3, 0.4) is 0 Å². The highest BCUT2D eigenvalue weighted by Gasteiger charge is 2.28. The molecule has 0 saturated carbocycles. The lowest BCUT2D eigenvalue weighted by molar-refractivity contribution is 0.340. The summed E-state index contributed by atoms with van der Waals surface area (Å²) in [6.45, 7) is 2.82. The van der Waals surface area contributed by atoms with Gasteiger partial charge in [-0.15, -0.1) is 0 Å². The van der Waals surface area contributed by atoms with E-state index in [4.69, 9.17) is 25.8 Å². The van der Waals surface area contributed by atoms with E-state index in [-0.39, 0.29) is 11.4 Å². The summed E-state index contributed by atoms with van der Waals surface area (Å²) in [5, 5.41) is 2.59. The van der Waals surface area contributed by atoms with E-state index in [9.17, 15) is 8.42 Å². The van der Waals surface area contributed by atoms with Crippen molar-refractivity contribution in [1.82, 2.24) is 0 Å². The molecule has 0 heterocycles. The first-order valence-corrected chi connectivity index (χ1v) is 11.3. The number of hydrogen-bond donors (Lipinski definition) is 0. The van der Waals surface area contributed by atoms with E-state index in [2.05, 4.69) is 22.4 Å². The maximum absolute atomic E-state index is 13.5. The molecule has 0 amide bonds. The summed E-state index contributed by atoms with van der Waals surface area (Å²) in [4.78, 5) is 3.98. The molecule has 0 spiro atoms. The summed E-state index contributed by atoms with van der Waals surface area (Å²) in [5.41, 5.74) is 0.305. The zero-order valence-corrected chi connectivity index (χ0v) is 19.3. The van der Waals surface area contributed by atoms with E-state index in [1.54, 1.807) is 12.1 Å². The van der Waals surface area contributed by atoms with Gasteiger partial charge >= 0.3 is 0 Å². The third-order valence-electron chi connectivity index (χ3n) is 4.14. The van der Waals surface area contributed by atoms with E-state index in [1.807, 2.05) is 6.92 Å². The van der Waals surface area contributed by atoms with E-state index in [0.717, 1.165) is 0 Å². The van der Waals surface area contributed by atoms with Crippen molar-refractivity contribution >= 4 is 44.7 Å². The molecule has 2 aromatic rings. The highest BCUT2D eigenvalue weighted by atomic mass is 35.5. The highest BCUT2D eigenvalue weighted by Crippen LogP contribution is 2.40. The first-order valence-electron chi connectivity index (χ1n) is 9.09. The number of anilines is 1. The van der Waals surface area contributed by atoms with E-state index < -0.39 is 10.0 Å². The number of methoxy groups -OCH3 is 2. The molecule has 162 valence electrons. The van der Waals surface area contributed by atoms with Crippen molar-refractivity contribution in [3.05, 3.63) is 41.4 Å². The van der Waals surface area contributed by atoms with Crippen molar-refractivity contribution in [2.45, 2.75) is 18.2 Å². The molecule has 0 unspecified atom stereocenters. The van der Waals surface area contributed by atoms with Crippen LogP contribution in [0.5, 0.6) is 17.2 Å². The minimum Gasteiger partial charge on any atom is -0.495 e. The molecule has 2 rings (SSSR count). The molecule has 0 atom stereocenters. The van der Waals surface area contributed by atoms with Gasteiger partial charge in [-0.05, 0) is 49.8 Å². The molecule has 0 fully saturated rings. The van der Waals surface area contributed by atoms with Gasteiger partial charge < -0.3 is 14.2 Å². The second-order valence-corrected chi connectivity index (χ2v) is 8.42. The van der Waals surface area contributed by atoms with Gasteiger partial charge in [0.2, 0.25) is 0 Å². The fourth-order valence-electron chi connectivity index (χ4n) is 2.75. The standard InChI is InChI=1S/C20H23ClN2O5S2/c1-4-28-15-6-8-16(9-7-15)30(24,25)23(11-5-10-22-14-29)18-13-19(26-2)17(21)12-20(18)27-3/h6-9,12-13H,4-5,10-11H2,1-3H3. The first kappa shape index (κ1) is 24.0. The Hall–Kier alpha value is -2.32. The minimum atomic E-state index is -3.93. The van der Waals surface area contributed by atoms with Gasteiger partial charge in [0, 0.05) is 18.7 Å². The van der Waals surface area contributed by atoms with Gasteiger partial charge in [-0.2, -0.15) is 0 Å². The number of halogens is 1. The fraction of sp³-hybridized carbons (Fsp3) is 0.350. The summed E-state index contributed by atoms with van der Waals surface area (Å²) in [5.74, 6) is 1.22. The van der Waals surface area contributed by atoms with E-state index in [0.29, 0.717) is 47.5 Å². The van der Waals surface area contributed by atoms with Crippen molar-refractivity contribution in [3.63, 3.8) is 0 Å². The molecule has 7 nitrogen and oxygen atoms in total. The number of ether oxygens (including phenoxy) is 3. The maximum Gasteiger partial charge on any atom is 0.264 e. The Balaban J connectivity index is 2.55. The Labute approximate surface area is 187 Å². The van der Waals surface area contributed by atoms with Crippen LogP contribution >= 0.6 is 23.8 Å². The zero-order chi connectivity index (χ0) is 22.1. The molecule has 30 heavy (non-hydrogen) atoms. The van der Waals surface area contributed by atoms with Crippen molar-refractivity contribution in [2.24, 2.45) is 4.99 Å². The molecular formula is C20H23ClN2O5S2. The number of rotatable bonds is 11. The average Bonchev–Trinajstić information content (AvgIpc) is 2.74. The van der Waals surface area contributed by atoms with Crippen molar-refractivity contribution in [1.29, 1.82) is 0 Å². The molecule has 0 aliphatic carbocycles. The summed E-state index contributed by atoms with van der Waals surface area (Å²) in [6, 6.07) is 9.29. The van der Waals surface area contributed by atoms with Crippen LogP contribution in [0.15, 0.2) is 46.3 Å². The largest absolute Gasteiger partial charge is 0.495 e. The molecule has 10 heteroatoms. The highest BCUT2D eigenvalue weighted by molar-refractivity contribution is 7.92. The van der Waals surface area contributed by atoms with Crippen molar-refractivity contribution < 1.29 is 22.6 Å². The van der Waals surface area contributed by atoms with Gasteiger partial charge in [-0.1, -0.05) is 11.6 Å². The number of aliphatic imine (C=N–C) groups is 1. The average molecular weight is 471 g/mol. The predicted molar refractivity (Wildman–Crippen MR) is 121 cm³/mol. The summed E-state index contributed by atoms with van der Waals surface area (Å²) in [6.07, 6.45) is 0.425. The minimum absolute atomic E-state index is 0.111. The van der Waals surface area contributed by atoms with Gasteiger partial charge in [0.1, 0.15) is 17.2 Å². The Morgan fingerprint density at radius 2 is 1.80 bits per heavy atom. The molecule has 0 bridgehead atoms. The number of hydrogen-bond acceptors (Lipinski definition) is 7. The first-order chi connectivity index (χ1) is 14.4. The Kier molecular flexibility index (Phi) is 8.92. The molecule has 2 aromatic carbocycles. The monoisotopic (exact) mass is 470 g/mol. The number of benzene rings is 2. The third-order valence-corrected chi connectivity index (χ3v) is 6.39. The second-order valence-electron chi connectivity index (χ2n) is 5.97. The maximum atomic E-state index is 13.5. The Morgan fingerprint density at radius 1 is 1.13 bits per heavy atom. The SMILES string of the molecule is CCOc1ccc(S(=O)(=O)N(CCCN=C=S)c2cc(OC)c(Cl)cc2OC)cc1. The lowest BCUT2D eigenvalue weighted by atomic mass is 10.2. The van der Waals surface area contributed by atoms with E-state index >= 15 is 0 Å². The zero-order valence-electron chi connectivity index (χ0n) is 16.9. The predicted octanol–water partition coefficient (Wildman–Crippen LogP) is 4.44. The van der Waals surface area contributed by atoms with Crippen molar-refractivity contribution in [2.75, 3.05) is 38.2 Å². The summed E-state index contributed by atoms with van der Waals surface area (Å²) < 4.78 is 44.3. The van der Waals surface area contributed by atoms with Crippen molar-refractivity contribution in [3.8, 4) is 17.2 Å². The molecule has 0 saturated heterocycles. The Bertz CT molecular complexity index is 1010. The van der Waals surface area contributed by atoms with Gasteiger partial charge in [0.15, 0.2) is 0 Å². The molecule has 0 N–H and O–H groups in total. The Morgan fingerprint density at radius 3 is 2.37 bits per heavy atom. The van der Waals surface area contributed by atoms with Crippen LogP contribution in [0.1, 0.15) is 13.3 Å². The smallest absolute Gasteiger partial charge is 0.264 e. The lowest BCUT2D eigenvalue weighted by Gasteiger charge is -2.26. The molecule has 0 radical (unpaired) electrons. The molecule has 0 aliphatic rings. The van der Waals surface area contributed by atoms with Crippen LogP contribution in [-0.2, 0) is 10.0 Å². The molecular weight excluding hydrogens is 448 g/mol. The number of nitrogens with zero attached hydrogens (tertiary/aromatic N) is 2. The number of isothiocyanates is 1. The van der Waals surface area contributed by atoms with Gasteiger partial charge in [0.05, 0.1) is 48.1 Å². The molecule has 0 aromatic heterocycles. The van der Waals surface area contributed by atoms with E-state index in [1.165, 1.54) is 42.8 Å². The van der Waals surface area contributed by atoms with Crippen LogP contribution in [0.25, 0.3) is 0 Å². The molecule has 0 aliphatic heterocycles. The summed E-state index contributed by atoms with van der Waals surface area (Å²) in [7, 11) is -1.03. The van der Waals surface area contributed by atoms with Crippen LogP contribution in [0.4, 0.5) is 5.69 Å². The normalized spacial score (nSPS) is 10.8. The van der Waals surface area contributed by atoms with Gasteiger partial charge in [0.25, 0.3) is 10.0 Å². The van der Waals surface area contributed by atoms with Crippen LogP contribution < -0.4 is 18.5 Å². The van der Waals surface area contributed by atoms with Crippen LogP contribution in [-0.4, -0.2) is 47.5 Å². The number of thiocarbonyl (C=S) groups is 1. The third kappa shape index (κ3) is 5.64. The topological polar surface area (TPSA) is 77.4 Å². The fourth-order valence-corrected chi connectivity index (χ4v) is 4.58. The lowest BCUT2D eigenvalue weighted by Crippen LogP contribution is -2.32. The van der Waals surface area contributed by atoms with Gasteiger partial charge in [-0.25, -0.2) is 13.4 Å². The van der Waals surface area contributed by atoms with Gasteiger partial charge in [-0.3, -0.25) is 4.31 Å². The second kappa shape index (κ2) is 11.2.